The van der Waals surface area contributed by atoms with E-state index in [1.54, 1.807) is 0 Å². The van der Waals surface area contributed by atoms with Crippen molar-refractivity contribution in [3.05, 3.63) is 35.1 Å². The van der Waals surface area contributed by atoms with Crippen LogP contribution in [0.2, 0.25) is 0 Å². The summed E-state index contributed by atoms with van der Waals surface area (Å²) >= 11 is 0. The summed E-state index contributed by atoms with van der Waals surface area (Å²) < 4.78 is 51.6. The number of alkyl halides is 3. The molecule has 0 aromatic heterocycles. The molecule has 6 heteroatoms. The van der Waals surface area contributed by atoms with Gasteiger partial charge < -0.3 is 5.73 Å². The fourth-order valence-electron chi connectivity index (χ4n) is 2.60. The first-order chi connectivity index (χ1) is 8.41. The van der Waals surface area contributed by atoms with Crippen LogP contribution in [0.15, 0.2) is 18.2 Å². The normalized spacial score (nSPS) is 18.2. The second kappa shape index (κ2) is 6.09. The maximum absolute atomic E-state index is 13.9. The smallest absolute Gasteiger partial charge is 0.324 e. The molecule has 0 unspecified atom stereocenters. The Morgan fingerprint density at radius 3 is 2.26 bits per heavy atom. The molecule has 1 nitrogen and oxygen atoms in total. The molecule has 1 atom stereocenters. The number of hydrogen-bond donors (Lipinski definition) is 1. The van der Waals surface area contributed by atoms with Crippen LogP contribution in [0, 0.1) is 11.7 Å². The van der Waals surface area contributed by atoms with E-state index >= 15 is 0 Å². The molecule has 0 spiro atoms. The molecular weight excluding hydrogens is 282 g/mol. The minimum absolute atomic E-state index is 0. The summed E-state index contributed by atoms with van der Waals surface area (Å²) in [6, 6.07) is 2.68. The molecule has 19 heavy (non-hydrogen) atoms. The Bertz CT molecular complexity index is 427. The Kier molecular flexibility index (Phi) is 5.21. The molecule has 0 aliphatic heterocycles. The van der Waals surface area contributed by atoms with Crippen LogP contribution in [-0.4, -0.2) is 0 Å². The molecule has 0 amide bonds. The monoisotopic (exact) mass is 297 g/mol. The van der Waals surface area contributed by atoms with Gasteiger partial charge in [0.1, 0.15) is 5.82 Å². The third kappa shape index (κ3) is 3.39. The molecule has 2 N–H and O–H groups in total. The van der Waals surface area contributed by atoms with Gasteiger partial charge in [-0.25, -0.2) is 4.39 Å². The molecule has 1 aliphatic rings. The molecule has 0 saturated heterocycles. The van der Waals surface area contributed by atoms with Crippen molar-refractivity contribution >= 4 is 12.4 Å². The first-order valence-corrected chi connectivity index (χ1v) is 6.02. The summed E-state index contributed by atoms with van der Waals surface area (Å²) in [5, 5.41) is 0. The van der Waals surface area contributed by atoms with Gasteiger partial charge in [-0.15, -0.1) is 12.4 Å². The van der Waals surface area contributed by atoms with Gasteiger partial charge in [-0.1, -0.05) is 25.0 Å². The average molecular weight is 298 g/mol. The molecule has 1 aromatic rings. The van der Waals surface area contributed by atoms with Crippen molar-refractivity contribution in [2.45, 2.75) is 37.9 Å². The second-order valence-corrected chi connectivity index (χ2v) is 4.78. The Balaban J connectivity index is 0.00000180. The van der Waals surface area contributed by atoms with E-state index in [9.17, 15) is 17.6 Å². The summed E-state index contributed by atoms with van der Waals surface area (Å²) in [6.07, 6.45) is -0.929. The summed E-state index contributed by atoms with van der Waals surface area (Å²) in [5.74, 6) is -1.13. The van der Waals surface area contributed by atoms with E-state index in [-0.39, 0.29) is 23.9 Å². The topological polar surface area (TPSA) is 26.0 Å². The van der Waals surface area contributed by atoms with E-state index in [1.165, 1.54) is 12.1 Å². The standard InChI is InChI=1S/C13H15F4N.ClH/c14-11-9(12(18)8-4-1-2-5-8)6-3-7-10(11)13(15,16)17;/h3,6-8,12H,1-2,4-5,18H2;1H/t12-;/m1./s1. The predicted molar refractivity (Wildman–Crippen MR) is 67.5 cm³/mol. The fourth-order valence-corrected chi connectivity index (χ4v) is 2.60. The average Bonchev–Trinajstić information content (AvgIpc) is 2.80. The van der Waals surface area contributed by atoms with E-state index in [1.807, 2.05) is 0 Å². The molecule has 0 radical (unpaired) electrons. The third-order valence-electron chi connectivity index (χ3n) is 3.60. The molecule has 1 saturated carbocycles. The molecular formula is C13H16ClF4N. The third-order valence-corrected chi connectivity index (χ3v) is 3.60. The maximum Gasteiger partial charge on any atom is 0.419 e. The van der Waals surface area contributed by atoms with Crippen LogP contribution >= 0.6 is 12.4 Å². The SMILES string of the molecule is Cl.N[C@@H](c1cccc(C(F)(F)F)c1F)C1CCCC1. The van der Waals surface area contributed by atoms with Crippen molar-refractivity contribution in [1.29, 1.82) is 0 Å². The number of nitrogens with two attached hydrogens (primary N) is 1. The van der Waals surface area contributed by atoms with E-state index < -0.39 is 23.6 Å². The summed E-state index contributed by atoms with van der Waals surface area (Å²) in [5.41, 5.74) is 4.66. The van der Waals surface area contributed by atoms with Crippen LogP contribution in [0.4, 0.5) is 17.6 Å². The van der Waals surface area contributed by atoms with Crippen molar-refractivity contribution in [3.8, 4) is 0 Å². The Morgan fingerprint density at radius 2 is 1.74 bits per heavy atom. The molecule has 1 aliphatic carbocycles. The van der Waals surface area contributed by atoms with E-state index in [2.05, 4.69) is 0 Å². The second-order valence-electron chi connectivity index (χ2n) is 4.78. The zero-order valence-corrected chi connectivity index (χ0v) is 11.0. The lowest BCUT2D eigenvalue weighted by molar-refractivity contribution is -0.140. The lowest BCUT2D eigenvalue weighted by Gasteiger charge is -2.21. The predicted octanol–water partition coefficient (Wildman–Crippen LogP) is 4.46. The lowest BCUT2D eigenvalue weighted by Crippen LogP contribution is -2.22. The molecule has 0 heterocycles. The van der Waals surface area contributed by atoms with Crippen LogP contribution in [0.25, 0.3) is 0 Å². The van der Waals surface area contributed by atoms with Crippen LogP contribution in [0.3, 0.4) is 0 Å². The highest BCUT2D eigenvalue weighted by atomic mass is 35.5. The zero-order chi connectivity index (χ0) is 13.3. The van der Waals surface area contributed by atoms with Gasteiger partial charge in [-0.2, -0.15) is 13.2 Å². The van der Waals surface area contributed by atoms with Crippen molar-refractivity contribution in [1.82, 2.24) is 0 Å². The van der Waals surface area contributed by atoms with Crippen molar-refractivity contribution in [2.75, 3.05) is 0 Å². The van der Waals surface area contributed by atoms with Crippen LogP contribution in [0.5, 0.6) is 0 Å². The summed E-state index contributed by atoms with van der Waals surface area (Å²) in [4.78, 5) is 0. The molecule has 1 aromatic carbocycles. The summed E-state index contributed by atoms with van der Waals surface area (Å²) in [7, 11) is 0. The highest BCUT2D eigenvalue weighted by molar-refractivity contribution is 5.85. The van der Waals surface area contributed by atoms with Gasteiger partial charge in [-0.05, 0) is 24.8 Å². The van der Waals surface area contributed by atoms with Crippen molar-refractivity contribution < 1.29 is 17.6 Å². The highest BCUT2D eigenvalue weighted by Crippen LogP contribution is 2.38. The minimum atomic E-state index is -4.67. The van der Waals surface area contributed by atoms with Gasteiger partial charge in [0.25, 0.3) is 0 Å². The zero-order valence-electron chi connectivity index (χ0n) is 10.2. The Labute approximate surface area is 115 Å². The fraction of sp³-hybridized carbons (Fsp3) is 0.538. The van der Waals surface area contributed by atoms with Gasteiger partial charge >= 0.3 is 6.18 Å². The van der Waals surface area contributed by atoms with E-state index in [0.29, 0.717) is 0 Å². The number of halogens is 5. The van der Waals surface area contributed by atoms with Gasteiger partial charge in [0.05, 0.1) is 5.56 Å². The number of hydrogen-bond acceptors (Lipinski definition) is 1. The van der Waals surface area contributed by atoms with E-state index in [0.717, 1.165) is 31.7 Å². The Morgan fingerprint density at radius 1 is 1.16 bits per heavy atom. The van der Waals surface area contributed by atoms with E-state index in [4.69, 9.17) is 5.73 Å². The minimum Gasteiger partial charge on any atom is -0.324 e. The van der Waals surface area contributed by atoms with Gasteiger partial charge in [0.15, 0.2) is 0 Å². The Hall–Kier alpha value is -0.810. The highest BCUT2D eigenvalue weighted by Gasteiger charge is 2.36. The number of rotatable bonds is 2. The molecule has 1 fully saturated rings. The number of benzene rings is 1. The lowest BCUT2D eigenvalue weighted by atomic mass is 9.91. The van der Waals surface area contributed by atoms with Crippen molar-refractivity contribution in [2.24, 2.45) is 11.7 Å². The summed E-state index contributed by atoms with van der Waals surface area (Å²) in [6.45, 7) is 0. The van der Waals surface area contributed by atoms with Gasteiger partial charge in [-0.3, -0.25) is 0 Å². The van der Waals surface area contributed by atoms with Crippen LogP contribution < -0.4 is 5.73 Å². The van der Waals surface area contributed by atoms with Gasteiger partial charge in [0.2, 0.25) is 0 Å². The van der Waals surface area contributed by atoms with Crippen LogP contribution in [-0.2, 0) is 6.18 Å². The molecule has 2 rings (SSSR count). The first-order valence-electron chi connectivity index (χ1n) is 6.02. The van der Waals surface area contributed by atoms with Gasteiger partial charge in [0, 0.05) is 11.6 Å². The van der Waals surface area contributed by atoms with Crippen LogP contribution in [0.1, 0.15) is 42.9 Å². The maximum atomic E-state index is 13.9. The largest absolute Gasteiger partial charge is 0.419 e. The van der Waals surface area contributed by atoms with Crippen molar-refractivity contribution in [3.63, 3.8) is 0 Å². The quantitative estimate of drug-likeness (QED) is 0.802. The first kappa shape index (κ1) is 16.2. The molecule has 0 bridgehead atoms. The molecule has 108 valence electrons.